The van der Waals surface area contributed by atoms with Gasteiger partial charge in [-0.2, -0.15) is 0 Å². The second-order valence-corrected chi connectivity index (χ2v) is 11.9. The van der Waals surface area contributed by atoms with Crippen LogP contribution >= 0.6 is 0 Å². The summed E-state index contributed by atoms with van der Waals surface area (Å²) in [6, 6.07) is 0. The van der Waals surface area contributed by atoms with Crippen molar-refractivity contribution in [3.8, 4) is 0 Å². The number of carbonyl (C=O) groups is 7. The quantitative estimate of drug-likeness (QED) is 0.0603. The Morgan fingerprint density at radius 2 is 0.467 bits per heavy atom. The first-order valence-electron chi connectivity index (χ1n) is 15.6. The Hall–Kier alpha value is -3.71. The summed E-state index contributed by atoms with van der Waals surface area (Å²) in [7, 11) is 0. The third kappa shape index (κ3) is 16.8. The fraction of sp³-hybridized carbons (Fsp3) is 0.774. The molecule has 0 saturated heterocycles. The molecule has 7 N–H and O–H groups in total. The van der Waals surface area contributed by atoms with Gasteiger partial charge in [-0.1, -0.05) is 20.3 Å². The lowest BCUT2D eigenvalue weighted by atomic mass is 9.83. The lowest BCUT2D eigenvalue weighted by Crippen LogP contribution is -2.24. The number of carboxylic acid groups (broad SMARTS) is 7. The average molecular weight is 647 g/mol. The van der Waals surface area contributed by atoms with Crippen molar-refractivity contribution >= 4 is 41.8 Å². The summed E-state index contributed by atoms with van der Waals surface area (Å²) in [5.41, 5.74) is 0. The zero-order valence-electron chi connectivity index (χ0n) is 26.1. The number of hydrogen-bond acceptors (Lipinski definition) is 7. The molecule has 0 aromatic heterocycles. The zero-order valence-corrected chi connectivity index (χ0v) is 26.1. The van der Waals surface area contributed by atoms with E-state index in [1.165, 1.54) is 0 Å². The highest BCUT2D eigenvalue weighted by Gasteiger charge is 2.30. The van der Waals surface area contributed by atoms with E-state index in [4.69, 9.17) is 0 Å². The molecule has 14 heteroatoms. The summed E-state index contributed by atoms with van der Waals surface area (Å²) in [5.74, 6) is -14.6. The van der Waals surface area contributed by atoms with Crippen LogP contribution in [0.15, 0.2) is 0 Å². The van der Waals surface area contributed by atoms with Crippen molar-refractivity contribution < 1.29 is 69.3 Å². The molecule has 7 atom stereocenters. The van der Waals surface area contributed by atoms with Crippen LogP contribution in [0.1, 0.15) is 110 Å². The predicted octanol–water partition coefficient (Wildman–Crippen LogP) is 4.78. The van der Waals surface area contributed by atoms with Gasteiger partial charge in [0.05, 0.1) is 41.4 Å². The van der Waals surface area contributed by atoms with Crippen molar-refractivity contribution in [1.29, 1.82) is 0 Å². The Morgan fingerprint density at radius 1 is 0.311 bits per heavy atom. The monoisotopic (exact) mass is 646 g/mol. The van der Waals surface area contributed by atoms with Gasteiger partial charge in [-0.3, -0.25) is 33.6 Å². The molecule has 0 bridgehead atoms. The highest BCUT2D eigenvalue weighted by atomic mass is 16.4. The first-order chi connectivity index (χ1) is 21.0. The molecule has 0 aliphatic rings. The van der Waals surface area contributed by atoms with Gasteiger partial charge in [-0.05, 0) is 89.9 Å². The third-order valence-corrected chi connectivity index (χ3v) is 8.76. The topological polar surface area (TPSA) is 261 Å². The molecule has 0 spiro atoms. The summed E-state index contributed by atoms with van der Waals surface area (Å²) in [4.78, 5) is 81.7. The minimum atomic E-state index is -1.25. The normalized spacial score (nSPS) is 16.0. The van der Waals surface area contributed by atoms with Crippen LogP contribution in [-0.2, 0) is 33.6 Å². The fourth-order valence-corrected chi connectivity index (χ4v) is 5.61. The van der Waals surface area contributed by atoms with E-state index in [-0.39, 0.29) is 77.0 Å². The predicted molar refractivity (Wildman–Crippen MR) is 158 cm³/mol. The van der Waals surface area contributed by atoms with Crippen molar-refractivity contribution in [2.24, 2.45) is 41.4 Å². The lowest BCUT2D eigenvalue weighted by Gasteiger charge is -2.21. The van der Waals surface area contributed by atoms with Gasteiger partial charge >= 0.3 is 41.8 Å². The van der Waals surface area contributed by atoms with Crippen molar-refractivity contribution in [3.05, 3.63) is 0 Å². The third-order valence-electron chi connectivity index (χ3n) is 8.76. The van der Waals surface area contributed by atoms with Gasteiger partial charge in [0.25, 0.3) is 0 Å². The van der Waals surface area contributed by atoms with Gasteiger partial charge in [0, 0.05) is 0 Å². The maximum atomic E-state index is 11.9. The molecule has 0 saturated carbocycles. The molecule has 45 heavy (non-hydrogen) atoms. The Bertz CT molecular complexity index is 993. The van der Waals surface area contributed by atoms with E-state index in [0.29, 0.717) is 19.3 Å². The smallest absolute Gasteiger partial charge is 0.306 e. The van der Waals surface area contributed by atoms with E-state index < -0.39 is 83.2 Å². The molecule has 0 radical (unpaired) electrons. The van der Waals surface area contributed by atoms with E-state index >= 15 is 0 Å². The molecule has 0 aromatic rings. The van der Waals surface area contributed by atoms with Crippen LogP contribution in [0.5, 0.6) is 0 Å². The second kappa shape index (κ2) is 21.9. The van der Waals surface area contributed by atoms with Crippen LogP contribution in [0, 0.1) is 41.4 Å². The van der Waals surface area contributed by atoms with Crippen molar-refractivity contribution in [2.75, 3.05) is 0 Å². The van der Waals surface area contributed by atoms with E-state index in [1.54, 1.807) is 6.92 Å². The summed E-state index contributed by atoms with van der Waals surface area (Å²) in [6.45, 7) is 3.49. The highest BCUT2D eigenvalue weighted by Crippen LogP contribution is 2.29. The highest BCUT2D eigenvalue weighted by molar-refractivity contribution is 5.74. The lowest BCUT2D eigenvalue weighted by molar-refractivity contribution is -0.147. The zero-order chi connectivity index (χ0) is 34.7. The maximum Gasteiger partial charge on any atom is 0.306 e. The summed E-state index contributed by atoms with van der Waals surface area (Å²) < 4.78 is 0. The van der Waals surface area contributed by atoms with E-state index in [0.717, 1.165) is 0 Å². The Kier molecular flexibility index (Phi) is 20.1. The SMILES string of the molecule is CCCC(CCC(CCC(CCC(CCC(CCC(CCC(CC)C(=O)O)C(=O)O)C(=O)O)C(=O)O)C(=O)O)C(=O)O)C(=O)O. The molecule has 258 valence electrons. The van der Waals surface area contributed by atoms with Crippen LogP contribution in [0.4, 0.5) is 0 Å². The summed E-state index contributed by atoms with van der Waals surface area (Å²) in [6.07, 6.45) is 1.17. The van der Waals surface area contributed by atoms with Crippen LogP contribution < -0.4 is 0 Å². The van der Waals surface area contributed by atoms with E-state index in [1.807, 2.05) is 6.92 Å². The van der Waals surface area contributed by atoms with Gasteiger partial charge in [-0.25, -0.2) is 0 Å². The van der Waals surface area contributed by atoms with Gasteiger partial charge < -0.3 is 35.7 Å². The number of carboxylic acids is 7. The number of rotatable bonds is 28. The minimum absolute atomic E-state index is 0.0280. The molecular formula is C31H50O14. The van der Waals surface area contributed by atoms with Crippen LogP contribution in [-0.4, -0.2) is 77.5 Å². The molecule has 14 nitrogen and oxygen atoms in total. The summed E-state index contributed by atoms with van der Waals surface area (Å²) >= 11 is 0. The molecular weight excluding hydrogens is 596 g/mol. The number of aliphatic carboxylic acids is 7. The van der Waals surface area contributed by atoms with E-state index in [2.05, 4.69) is 0 Å². The first kappa shape index (κ1) is 41.3. The molecule has 7 unspecified atom stereocenters. The number of hydrogen-bond donors (Lipinski definition) is 7. The minimum Gasteiger partial charge on any atom is -0.481 e. The average Bonchev–Trinajstić information content (AvgIpc) is 2.94. The Morgan fingerprint density at radius 3 is 0.600 bits per heavy atom. The molecule has 0 fully saturated rings. The van der Waals surface area contributed by atoms with Gasteiger partial charge in [0.2, 0.25) is 0 Å². The van der Waals surface area contributed by atoms with Crippen LogP contribution in [0.25, 0.3) is 0 Å². The molecule has 0 aliphatic heterocycles. The second-order valence-electron chi connectivity index (χ2n) is 11.9. The largest absolute Gasteiger partial charge is 0.481 e. The molecule has 0 aliphatic carbocycles. The Balaban J connectivity index is 5.21. The van der Waals surface area contributed by atoms with Gasteiger partial charge in [-0.15, -0.1) is 0 Å². The van der Waals surface area contributed by atoms with E-state index in [9.17, 15) is 69.3 Å². The fourth-order valence-electron chi connectivity index (χ4n) is 5.61. The van der Waals surface area contributed by atoms with Crippen LogP contribution in [0.3, 0.4) is 0 Å². The van der Waals surface area contributed by atoms with Crippen LogP contribution in [0.2, 0.25) is 0 Å². The Labute approximate surface area is 262 Å². The maximum absolute atomic E-state index is 11.9. The first-order valence-corrected chi connectivity index (χ1v) is 15.6. The van der Waals surface area contributed by atoms with Crippen molar-refractivity contribution in [3.63, 3.8) is 0 Å². The molecule has 0 rings (SSSR count). The standard InChI is InChI=1S/C31H50O14/c1-3-5-19(26(34)35)8-9-21(28(38)39)12-13-23(30(42)43)16-17-24(31(44)45)15-14-22(29(40)41)11-10-20(27(36)37)7-6-18(4-2)25(32)33/h18-24H,3-17H2,1-2H3,(H,32,33)(H,34,35)(H,36,37)(H,38,39)(H,40,41)(H,42,43)(H,44,45). The molecule has 0 amide bonds. The molecule has 0 heterocycles. The summed E-state index contributed by atoms with van der Waals surface area (Å²) in [5, 5.41) is 66.7. The van der Waals surface area contributed by atoms with Crippen molar-refractivity contribution in [1.82, 2.24) is 0 Å². The van der Waals surface area contributed by atoms with Gasteiger partial charge in [0.15, 0.2) is 0 Å². The van der Waals surface area contributed by atoms with Crippen molar-refractivity contribution in [2.45, 2.75) is 110 Å². The van der Waals surface area contributed by atoms with Gasteiger partial charge in [0.1, 0.15) is 0 Å². The molecule has 0 aromatic carbocycles.